The second-order valence-electron chi connectivity index (χ2n) is 2.46. The highest BCUT2D eigenvalue weighted by molar-refractivity contribution is 9.10. The summed E-state index contributed by atoms with van der Waals surface area (Å²) in [4.78, 5) is 20.5. The van der Waals surface area contributed by atoms with Crippen LogP contribution in [0.2, 0.25) is 0 Å². The molecule has 0 amide bonds. The van der Waals surface area contributed by atoms with Crippen LogP contribution in [-0.4, -0.2) is 10.9 Å². The Morgan fingerprint density at radius 2 is 2.21 bits per heavy atom. The fraction of sp³-hybridized carbons (Fsp3) is 0.125. The van der Waals surface area contributed by atoms with Gasteiger partial charge in [-0.2, -0.15) is 0 Å². The van der Waals surface area contributed by atoms with Gasteiger partial charge in [0.15, 0.2) is 0 Å². The average molecular weight is 260 g/mol. The molecule has 0 aliphatic rings. The van der Waals surface area contributed by atoms with Crippen molar-refractivity contribution in [2.45, 2.75) is 6.92 Å². The van der Waals surface area contributed by atoms with E-state index in [1.807, 2.05) is 0 Å². The number of nitro benzene ring substituents is 1. The van der Waals surface area contributed by atoms with Crippen molar-refractivity contribution >= 4 is 27.6 Å². The van der Waals surface area contributed by atoms with Gasteiger partial charge < -0.3 is 4.74 Å². The summed E-state index contributed by atoms with van der Waals surface area (Å²) in [6.07, 6.45) is 0. The number of halogens is 1. The van der Waals surface area contributed by atoms with Crippen LogP contribution in [0.3, 0.4) is 0 Å². The van der Waals surface area contributed by atoms with E-state index in [1.54, 1.807) is 0 Å². The summed E-state index contributed by atoms with van der Waals surface area (Å²) in [5, 5.41) is 10.4. The lowest BCUT2D eigenvalue weighted by Gasteiger charge is -2.01. The van der Waals surface area contributed by atoms with Gasteiger partial charge in [0, 0.05) is 19.1 Å². The summed E-state index contributed by atoms with van der Waals surface area (Å²) in [5.74, 6) is -0.194. The van der Waals surface area contributed by atoms with Crippen LogP contribution in [0.4, 0.5) is 5.69 Å². The summed E-state index contributed by atoms with van der Waals surface area (Å²) in [7, 11) is 0. The summed E-state index contributed by atoms with van der Waals surface area (Å²) in [5.41, 5.74) is -0.0686. The number of ether oxygens (including phenoxy) is 1. The number of nitro groups is 1. The molecule has 0 saturated carbocycles. The smallest absolute Gasteiger partial charge is 0.308 e. The van der Waals surface area contributed by atoms with Crippen LogP contribution >= 0.6 is 15.9 Å². The Morgan fingerprint density at radius 3 is 2.64 bits per heavy atom. The zero-order valence-electron chi connectivity index (χ0n) is 7.19. The molecule has 1 rings (SSSR count). The predicted octanol–water partition coefficient (Wildman–Crippen LogP) is 2.28. The van der Waals surface area contributed by atoms with E-state index in [9.17, 15) is 14.9 Å². The van der Waals surface area contributed by atoms with Crippen molar-refractivity contribution in [1.82, 2.24) is 0 Å². The first-order valence-corrected chi connectivity index (χ1v) is 4.42. The molecule has 5 nitrogen and oxygen atoms in total. The monoisotopic (exact) mass is 259 g/mol. The number of benzene rings is 1. The van der Waals surface area contributed by atoms with Crippen LogP contribution in [0.15, 0.2) is 22.7 Å². The maximum atomic E-state index is 10.6. The van der Waals surface area contributed by atoms with Crippen LogP contribution < -0.4 is 4.74 Å². The number of hydrogen-bond donors (Lipinski definition) is 0. The van der Waals surface area contributed by atoms with Gasteiger partial charge in [-0.1, -0.05) is 0 Å². The molecule has 0 spiro atoms. The molecular weight excluding hydrogens is 254 g/mol. The Hall–Kier alpha value is -1.43. The van der Waals surface area contributed by atoms with Crippen molar-refractivity contribution in [3.8, 4) is 5.75 Å². The molecule has 14 heavy (non-hydrogen) atoms. The van der Waals surface area contributed by atoms with E-state index in [-0.39, 0.29) is 15.9 Å². The van der Waals surface area contributed by atoms with Gasteiger partial charge in [0.1, 0.15) is 5.75 Å². The molecule has 0 aromatic heterocycles. The molecular formula is C8H6BrNO4. The van der Waals surface area contributed by atoms with E-state index in [2.05, 4.69) is 15.9 Å². The normalized spacial score (nSPS) is 9.57. The lowest BCUT2D eigenvalue weighted by molar-refractivity contribution is -0.385. The SMILES string of the molecule is CC(=O)Oc1ccc([N+](=O)[O-])c(Br)c1. The standard InChI is InChI=1S/C8H6BrNO4/c1-5(11)14-6-2-3-8(10(12)13)7(9)4-6/h2-4H,1H3. The van der Waals surface area contributed by atoms with Crippen LogP contribution in [0.1, 0.15) is 6.92 Å². The molecule has 0 atom stereocenters. The summed E-state index contributed by atoms with van der Waals surface area (Å²) >= 11 is 3.00. The Bertz CT molecular complexity index is 391. The van der Waals surface area contributed by atoms with Gasteiger partial charge in [0.05, 0.1) is 9.40 Å². The van der Waals surface area contributed by atoms with Crippen molar-refractivity contribution in [1.29, 1.82) is 0 Å². The molecule has 0 saturated heterocycles. The minimum absolute atomic E-state index is 0.0686. The van der Waals surface area contributed by atoms with Gasteiger partial charge in [-0.15, -0.1) is 0 Å². The van der Waals surface area contributed by atoms with Crippen molar-refractivity contribution in [3.05, 3.63) is 32.8 Å². The van der Waals surface area contributed by atoms with Gasteiger partial charge in [0.25, 0.3) is 5.69 Å². The molecule has 74 valence electrons. The summed E-state index contributed by atoms with van der Waals surface area (Å²) in [6, 6.07) is 4.01. The molecule has 0 radical (unpaired) electrons. The predicted molar refractivity (Wildman–Crippen MR) is 52.1 cm³/mol. The van der Waals surface area contributed by atoms with Gasteiger partial charge in [-0.05, 0) is 22.0 Å². The largest absolute Gasteiger partial charge is 0.427 e. The third-order valence-corrected chi connectivity index (χ3v) is 2.01. The maximum Gasteiger partial charge on any atom is 0.308 e. The van der Waals surface area contributed by atoms with Gasteiger partial charge >= 0.3 is 5.97 Å². The van der Waals surface area contributed by atoms with Crippen molar-refractivity contribution < 1.29 is 14.5 Å². The fourth-order valence-electron chi connectivity index (χ4n) is 0.865. The lowest BCUT2D eigenvalue weighted by Crippen LogP contribution is -2.01. The van der Waals surface area contributed by atoms with E-state index >= 15 is 0 Å². The van der Waals surface area contributed by atoms with Crippen molar-refractivity contribution in [2.24, 2.45) is 0 Å². The van der Waals surface area contributed by atoms with Crippen LogP contribution in [0.25, 0.3) is 0 Å². The number of rotatable bonds is 2. The van der Waals surface area contributed by atoms with Gasteiger partial charge in [-0.3, -0.25) is 14.9 Å². The average Bonchev–Trinajstić information content (AvgIpc) is 2.01. The van der Waals surface area contributed by atoms with Gasteiger partial charge in [0.2, 0.25) is 0 Å². The molecule has 6 heteroatoms. The van der Waals surface area contributed by atoms with E-state index < -0.39 is 10.9 Å². The number of esters is 1. The third-order valence-electron chi connectivity index (χ3n) is 1.38. The zero-order chi connectivity index (χ0) is 10.7. The first-order valence-electron chi connectivity index (χ1n) is 3.63. The van der Waals surface area contributed by atoms with E-state index in [1.165, 1.54) is 25.1 Å². The van der Waals surface area contributed by atoms with Crippen molar-refractivity contribution in [2.75, 3.05) is 0 Å². The summed E-state index contributed by atoms with van der Waals surface area (Å²) < 4.78 is 5.02. The first-order chi connectivity index (χ1) is 6.50. The maximum absolute atomic E-state index is 10.6. The fourth-order valence-corrected chi connectivity index (χ4v) is 1.37. The lowest BCUT2D eigenvalue weighted by atomic mass is 10.3. The molecule has 0 aliphatic carbocycles. The Balaban J connectivity index is 3.00. The minimum atomic E-state index is -0.526. The highest BCUT2D eigenvalue weighted by Gasteiger charge is 2.12. The topological polar surface area (TPSA) is 69.4 Å². The number of carbonyl (C=O) groups excluding carboxylic acids is 1. The van der Waals surface area contributed by atoms with Crippen molar-refractivity contribution in [3.63, 3.8) is 0 Å². The highest BCUT2D eigenvalue weighted by Crippen LogP contribution is 2.28. The third kappa shape index (κ3) is 2.53. The van der Waals surface area contributed by atoms with Crippen LogP contribution in [0.5, 0.6) is 5.75 Å². The number of carbonyl (C=O) groups is 1. The van der Waals surface area contributed by atoms with Crippen LogP contribution in [0, 0.1) is 10.1 Å². The molecule has 1 aromatic carbocycles. The molecule has 0 heterocycles. The molecule has 0 unspecified atom stereocenters. The number of nitrogens with zero attached hydrogens (tertiary/aromatic N) is 1. The first kappa shape index (κ1) is 10.6. The molecule has 0 fully saturated rings. The van der Waals surface area contributed by atoms with E-state index in [0.717, 1.165) is 0 Å². The Morgan fingerprint density at radius 1 is 1.57 bits per heavy atom. The highest BCUT2D eigenvalue weighted by atomic mass is 79.9. The molecule has 0 bridgehead atoms. The quantitative estimate of drug-likeness (QED) is 0.354. The molecule has 1 aromatic rings. The Kier molecular flexibility index (Phi) is 3.19. The summed E-state index contributed by atoms with van der Waals surface area (Å²) in [6.45, 7) is 1.26. The van der Waals surface area contributed by atoms with E-state index in [0.29, 0.717) is 0 Å². The molecule has 0 N–H and O–H groups in total. The van der Waals surface area contributed by atoms with E-state index in [4.69, 9.17) is 4.74 Å². The minimum Gasteiger partial charge on any atom is -0.427 e. The number of hydrogen-bond acceptors (Lipinski definition) is 4. The second-order valence-corrected chi connectivity index (χ2v) is 3.32. The van der Waals surface area contributed by atoms with Crippen LogP contribution in [-0.2, 0) is 4.79 Å². The zero-order valence-corrected chi connectivity index (χ0v) is 8.78. The Labute approximate surface area is 88.0 Å². The second kappa shape index (κ2) is 4.19. The van der Waals surface area contributed by atoms with Gasteiger partial charge in [-0.25, -0.2) is 0 Å². The molecule has 0 aliphatic heterocycles.